The second-order valence-corrected chi connectivity index (χ2v) is 4.40. The van der Waals surface area contributed by atoms with E-state index in [1.807, 2.05) is 24.3 Å². The molecule has 0 spiro atoms. The number of ether oxygens (including phenoxy) is 1. The van der Waals surface area contributed by atoms with Crippen molar-refractivity contribution in [1.29, 1.82) is 0 Å². The van der Waals surface area contributed by atoms with Crippen LogP contribution in [0.2, 0.25) is 0 Å². The summed E-state index contributed by atoms with van der Waals surface area (Å²) < 4.78 is 6.23. The highest BCUT2D eigenvalue weighted by Crippen LogP contribution is 2.19. The van der Waals surface area contributed by atoms with Crippen LogP contribution in [-0.4, -0.2) is 27.8 Å². The summed E-state index contributed by atoms with van der Waals surface area (Å²) in [5.41, 5.74) is 1.13. The van der Waals surface area contributed by atoms with Crippen LogP contribution < -0.4 is 0 Å². The molecule has 1 aromatic heterocycles. The number of aromatic nitrogens is 3. The summed E-state index contributed by atoms with van der Waals surface area (Å²) in [5, 5.41) is 6.46. The molecule has 3 rings (SSSR count). The minimum Gasteiger partial charge on any atom is -0.463 e. The van der Waals surface area contributed by atoms with Crippen molar-refractivity contribution < 1.29 is 9.53 Å². The average molecular weight is 267 g/mol. The first-order valence-corrected chi connectivity index (χ1v) is 6.22. The second-order valence-electron chi connectivity index (χ2n) is 4.40. The van der Waals surface area contributed by atoms with Gasteiger partial charge in [0.25, 0.3) is 5.82 Å². The largest absolute Gasteiger partial charge is 0.463 e. The zero-order chi connectivity index (χ0) is 13.9. The Balaban J connectivity index is 1.93. The smallest absolute Gasteiger partial charge is 0.377 e. The molecule has 0 saturated carbocycles. The summed E-state index contributed by atoms with van der Waals surface area (Å²) in [7, 11) is 1.31. The van der Waals surface area contributed by atoms with Crippen LogP contribution in [0.1, 0.15) is 16.2 Å². The first-order valence-electron chi connectivity index (χ1n) is 6.22. The van der Waals surface area contributed by atoms with Crippen molar-refractivity contribution in [2.45, 2.75) is 6.54 Å². The third kappa shape index (κ3) is 2.25. The van der Waals surface area contributed by atoms with Crippen LogP contribution in [0.3, 0.4) is 0 Å². The molecule has 5 heteroatoms. The van der Waals surface area contributed by atoms with Crippen LogP contribution in [0.5, 0.6) is 0 Å². The van der Waals surface area contributed by atoms with E-state index < -0.39 is 5.97 Å². The molecule has 0 fully saturated rings. The molecule has 1 heterocycles. The number of benzene rings is 2. The molecular weight excluding hydrogens is 254 g/mol. The van der Waals surface area contributed by atoms with Gasteiger partial charge in [0.15, 0.2) is 0 Å². The maximum atomic E-state index is 11.3. The van der Waals surface area contributed by atoms with Gasteiger partial charge in [-0.25, -0.2) is 14.5 Å². The summed E-state index contributed by atoms with van der Waals surface area (Å²) in [6.45, 7) is 0.561. The molecule has 0 aliphatic heterocycles. The lowest BCUT2D eigenvalue weighted by Gasteiger charge is -2.06. The normalized spacial score (nSPS) is 10.7. The topological polar surface area (TPSA) is 57.0 Å². The number of rotatable bonds is 3. The molecule has 0 amide bonds. The average Bonchev–Trinajstić information content (AvgIpc) is 2.95. The summed E-state index contributed by atoms with van der Waals surface area (Å²) in [6.07, 6.45) is 1.54. The lowest BCUT2D eigenvalue weighted by Crippen LogP contribution is -2.06. The first-order chi connectivity index (χ1) is 9.78. The monoisotopic (exact) mass is 267 g/mol. The van der Waals surface area contributed by atoms with Gasteiger partial charge in [-0.15, -0.1) is 5.10 Å². The van der Waals surface area contributed by atoms with Crippen molar-refractivity contribution in [2.24, 2.45) is 0 Å². The Bertz CT molecular complexity index is 759. The Morgan fingerprint density at radius 3 is 2.85 bits per heavy atom. The van der Waals surface area contributed by atoms with Gasteiger partial charge < -0.3 is 4.74 Å². The van der Waals surface area contributed by atoms with Crippen molar-refractivity contribution in [3.63, 3.8) is 0 Å². The standard InChI is InChI=1S/C15H13N3O2/c1-20-15(19)14-16-10-18(17-14)9-12-7-4-6-11-5-2-3-8-13(11)12/h2-8,10H,9H2,1H3. The van der Waals surface area contributed by atoms with E-state index in [2.05, 4.69) is 33.0 Å². The van der Waals surface area contributed by atoms with Crippen LogP contribution in [0.4, 0.5) is 0 Å². The number of carbonyl (C=O) groups excluding carboxylic acids is 1. The van der Waals surface area contributed by atoms with Gasteiger partial charge in [-0.2, -0.15) is 0 Å². The van der Waals surface area contributed by atoms with Crippen molar-refractivity contribution in [2.75, 3.05) is 7.11 Å². The Kier molecular flexibility index (Phi) is 3.16. The maximum Gasteiger partial charge on any atom is 0.377 e. The molecule has 0 bridgehead atoms. The lowest BCUT2D eigenvalue weighted by molar-refractivity contribution is 0.0586. The number of hydrogen-bond acceptors (Lipinski definition) is 4. The molecule has 0 unspecified atom stereocenters. The van der Waals surface area contributed by atoms with E-state index in [-0.39, 0.29) is 5.82 Å². The number of nitrogens with zero attached hydrogens (tertiary/aromatic N) is 3. The van der Waals surface area contributed by atoms with Crippen molar-refractivity contribution in [3.8, 4) is 0 Å². The van der Waals surface area contributed by atoms with Crippen molar-refractivity contribution in [3.05, 3.63) is 60.2 Å². The summed E-state index contributed by atoms with van der Waals surface area (Å²) in [6, 6.07) is 14.3. The first kappa shape index (κ1) is 12.3. The predicted molar refractivity (Wildman–Crippen MR) is 74.4 cm³/mol. The van der Waals surface area contributed by atoms with Crippen LogP contribution in [0, 0.1) is 0 Å². The van der Waals surface area contributed by atoms with Crippen LogP contribution in [0.25, 0.3) is 10.8 Å². The molecule has 100 valence electrons. The fraction of sp³-hybridized carbons (Fsp3) is 0.133. The van der Waals surface area contributed by atoms with Gasteiger partial charge in [0.2, 0.25) is 0 Å². The third-order valence-electron chi connectivity index (χ3n) is 3.12. The van der Waals surface area contributed by atoms with E-state index in [0.717, 1.165) is 5.56 Å². The fourth-order valence-electron chi connectivity index (χ4n) is 2.16. The lowest BCUT2D eigenvalue weighted by atomic mass is 10.0. The third-order valence-corrected chi connectivity index (χ3v) is 3.12. The number of methoxy groups -OCH3 is 1. The van der Waals surface area contributed by atoms with E-state index in [0.29, 0.717) is 6.54 Å². The molecule has 0 aliphatic carbocycles. The van der Waals surface area contributed by atoms with Gasteiger partial charge in [0.1, 0.15) is 6.33 Å². The zero-order valence-electron chi connectivity index (χ0n) is 11.0. The van der Waals surface area contributed by atoms with Crippen LogP contribution in [-0.2, 0) is 11.3 Å². The summed E-state index contributed by atoms with van der Waals surface area (Å²) in [5.74, 6) is -0.450. The van der Waals surface area contributed by atoms with Gasteiger partial charge in [0, 0.05) is 0 Å². The van der Waals surface area contributed by atoms with Crippen LogP contribution in [0.15, 0.2) is 48.8 Å². The minimum atomic E-state index is -0.526. The number of hydrogen-bond donors (Lipinski definition) is 0. The van der Waals surface area contributed by atoms with Gasteiger partial charge in [-0.1, -0.05) is 42.5 Å². The molecule has 2 aromatic carbocycles. The highest BCUT2D eigenvalue weighted by Gasteiger charge is 2.11. The highest BCUT2D eigenvalue weighted by atomic mass is 16.5. The molecule has 0 atom stereocenters. The van der Waals surface area contributed by atoms with Gasteiger partial charge in [-0.3, -0.25) is 0 Å². The number of carbonyl (C=O) groups is 1. The van der Waals surface area contributed by atoms with Crippen molar-refractivity contribution in [1.82, 2.24) is 14.8 Å². The van der Waals surface area contributed by atoms with E-state index >= 15 is 0 Å². The predicted octanol–water partition coefficient (Wildman–Crippen LogP) is 2.27. The van der Waals surface area contributed by atoms with E-state index in [1.165, 1.54) is 24.2 Å². The Morgan fingerprint density at radius 2 is 2.00 bits per heavy atom. The molecular formula is C15H13N3O2. The SMILES string of the molecule is COC(=O)c1ncn(Cc2cccc3ccccc23)n1. The molecule has 5 nitrogen and oxygen atoms in total. The summed E-state index contributed by atoms with van der Waals surface area (Å²) in [4.78, 5) is 15.3. The van der Waals surface area contributed by atoms with Gasteiger partial charge in [-0.05, 0) is 16.3 Å². The maximum absolute atomic E-state index is 11.3. The van der Waals surface area contributed by atoms with Gasteiger partial charge in [0.05, 0.1) is 13.7 Å². The van der Waals surface area contributed by atoms with Crippen LogP contribution >= 0.6 is 0 Å². The van der Waals surface area contributed by atoms with Gasteiger partial charge >= 0.3 is 5.97 Å². The van der Waals surface area contributed by atoms with Crippen molar-refractivity contribution >= 4 is 16.7 Å². The molecule has 0 aliphatic rings. The molecule has 0 saturated heterocycles. The van der Waals surface area contributed by atoms with E-state index in [1.54, 1.807) is 4.68 Å². The number of esters is 1. The Morgan fingerprint density at radius 1 is 1.20 bits per heavy atom. The quantitative estimate of drug-likeness (QED) is 0.683. The Labute approximate surface area is 115 Å². The molecule has 3 aromatic rings. The zero-order valence-corrected chi connectivity index (χ0v) is 11.0. The highest BCUT2D eigenvalue weighted by molar-refractivity contribution is 5.86. The van der Waals surface area contributed by atoms with E-state index in [9.17, 15) is 4.79 Å². The Hall–Kier alpha value is -2.69. The molecule has 20 heavy (non-hydrogen) atoms. The number of fused-ring (bicyclic) bond motifs is 1. The molecule has 0 N–H and O–H groups in total. The van der Waals surface area contributed by atoms with E-state index in [4.69, 9.17) is 0 Å². The molecule has 0 radical (unpaired) electrons. The fourth-order valence-corrected chi connectivity index (χ4v) is 2.16. The summed E-state index contributed by atoms with van der Waals surface area (Å²) >= 11 is 0. The second kappa shape index (κ2) is 5.13. The minimum absolute atomic E-state index is 0.0766.